The first kappa shape index (κ1) is 19.9. The van der Waals surface area contributed by atoms with Crippen LogP contribution in [0.1, 0.15) is 34.8 Å². The van der Waals surface area contributed by atoms with Gasteiger partial charge in [0.15, 0.2) is 0 Å². The van der Waals surface area contributed by atoms with Gasteiger partial charge in [-0.1, -0.05) is 37.3 Å². The van der Waals surface area contributed by atoms with Crippen LogP contribution < -0.4 is 10.0 Å². The smallest absolute Gasteiger partial charge is 0.251 e. The van der Waals surface area contributed by atoms with Crippen LogP contribution in [0.3, 0.4) is 0 Å². The average molecular weight is 376 g/mol. The summed E-state index contributed by atoms with van der Waals surface area (Å²) in [4.78, 5) is 12.4. The molecule has 2 rings (SSSR count). The Morgan fingerprint density at radius 2 is 1.81 bits per heavy atom. The molecule has 0 atom stereocenters. The van der Waals surface area contributed by atoms with E-state index in [9.17, 15) is 13.2 Å². The third kappa shape index (κ3) is 5.86. The Kier molecular flexibility index (Phi) is 7.17. The molecule has 0 saturated carbocycles. The van der Waals surface area contributed by atoms with Crippen molar-refractivity contribution in [2.45, 2.75) is 26.5 Å². The van der Waals surface area contributed by atoms with Gasteiger partial charge in [0.05, 0.1) is 12.4 Å². The monoisotopic (exact) mass is 376 g/mol. The highest BCUT2D eigenvalue weighted by molar-refractivity contribution is 7.92. The Morgan fingerprint density at radius 3 is 2.50 bits per heavy atom. The van der Waals surface area contributed by atoms with Crippen LogP contribution in [-0.2, 0) is 27.9 Å². The zero-order valence-corrected chi connectivity index (χ0v) is 15.8. The number of rotatable bonds is 9. The lowest BCUT2D eigenvalue weighted by Crippen LogP contribution is -2.24. The molecule has 2 N–H and O–H groups in total. The van der Waals surface area contributed by atoms with Gasteiger partial charge in [0.25, 0.3) is 5.91 Å². The van der Waals surface area contributed by atoms with Crippen molar-refractivity contribution in [3.63, 3.8) is 0 Å². The van der Waals surface area contributed by atoms with E-state index in [4.69, 9.17) is 4.74 Å². The van der Waals surface area contributed by atoms with Gasteiger partial charge in [0, 0.05) is 24.9 Å². The summed E-state index contributed by atoms with van der Waals surface area (Å²) >= 11 is 0. The Balaban J connectivity index is 2.05. The number of methoxy groups -OCH3 is 1. The minimum atomic E-state index is -3.39. The second-order valence-corrected chi connectivity index (χ2v) is 7.73. The third-order valence-electron chi connectivity index (χ3n) is 3.73. The van der Waals surface area contributed by atoms with E-state index in [1.807, 2.05) is 24.3 Å². The highest BCUT2D eigenvalue weighted by atomic mass is 32.2. The van der Waals surface area contributed by atoms with Crippen LogP contribution in [0.2, 0.25) is 0 Å². The number of carbonyl (C=O) groups is 1. The molecule has 0 bridgehead atoms. The Morgan fingerprint density at radius 1 is 1.08 bits per heavy atom. The summed E-state index contributed by atoms with van der Waals surface area (Å²) < 4.78 is 31.4. The van der Waals surface area contributed by atoms with Crippen LogP contribution in [0, 0.1) is 0 Å². The van der Waals surface area contributed by atoms with E-state index >= 15 is 0 Å². The number of amides is 1. The number of ether oxygens (including phenoxy) is 1. The molecule has 0 saturated heterocycles. The van der Waals surface area contributed by atoms with E-state index in [1.54, 1.807) is 32.2 Å². The van der Waals surface area contributed by atoms with Crippen LogP contribution >= 0.6 is 0 Å². The molecular formula is C19H24N2O4S. The fraction of sp³-hybridized carbons (Fsp3) is 0.316. The molecule has 6 nitrogen and oxygen atoms in total. The first-order chi connectivity index (χ1) is 12.4. The topological polar surface area (TPSA) is 84.5 Å². The summed E-state index contributed by atoms with van der Waals surface area (Å²) in [6, 6.07) is 14.2. The molecule has 0 fully saturated rings. The Labute approximate surface area is 154 Å². The molecule has 0 unspecified atom stereocenters. The van der Waals surface area contributed by atoms with Gasteiger partial charge in [0.2, 0.25) is 10.0 Å². The summed E-state index contributed by atoms with van der Waals surface area (Å²) in [5, 5.41) is 2.86. The summed E-state index contributed by atoms with van der Waals surface area (Å²) in [6.07, 6.45) is 0.524. The van der Waals surface area contributed by atoms with Gasteiger partial charge in [-0.15, -0.1) is 0 Å². The number of nitrogens with one attached hydrogen (secondary N) is 2. The molecule has 0 radical (unpaired) electrons. The van der Waals surface area contributed by atoms with Crippen molar-refractivity contribution < 1.29 is 17.9 Å². The molecule has 26 heavy (non-hydrogen) atoms. The van der Waals surface area contributed by atoms with Crippen molar-refractivity contribution in [1.82, 2.24) is 5.32 Å². The van der Waals surface area contributed by atoms with E-state index < -0.39 is 10.0 Å². The Bertz CT molecular complexity index is 850. The van der Waals surface area contributed by atoms with Crippen LogP contribution in [0.15, 0.2) is 48.5 Å². The van der Waals surface area contributed by atoms with Crippen LogP contribution in [0.4, 0.5) is 5.69 Å². The SMILES string of the molecule is CCCS(=O)(=O)Nc1cccc(C(=O)NCc2ccccc2COC)c1. The van der Waals surface area contributed by atoms with E-state index in [-0.39, 0.29) is 11.7 Å². The second-order valence-electron chi connectivity index (χ2n) is 5.89. The van der Waals surface area contributed by atoms with Gasteiger partial charge < -0.3 is 10.1 Å². The number of anilines is 1. The number of hydrogen-bond acceptors (Lipinski definition) is 4. The lowest BCUT2D eigenvalue weighted by Gasteiger charge is -2.11. The van der Waals surface area contributed by atoms with Crippen LogP contribution in [-0.4, -0.2) is 27.2 Å². The predicted molar refractivity (Wildman–Crippen MR) is 102 cm³/mol. The fourth-order valence-corrected chi connectivity index (χ4v) is 3.65. The van der Waals surface area contributed by atoms with E-state index in [1.165, 1.54) is 6.07 Å². The molecule has 140 valence electrons. The van der Waals surface area contributed by atoms with Crippen molar-refractivity contribution in [2.75, 3.05) is 17.6 Å². The first-order valence-corrected chi connectivity index (χ1v) is 10.0. The molecule has 7 heteroatoms. The summed E-state index contributed by atoms with van der Waals surface area (Å²) in [5.74, 6) is -0.228. The van der Waals surface area contributed by atoms with E-state index in [0.29, 0.717) is 30.8 Å². The van der Waals surface area contributed by atoms with Gasteiger partial charge >= 0.3 is 0 Å². The Hall–Kier alpha value is -2.38. The van der Waals surface area contributed by atoms with Crippen molar-refractivity contribution in [3.8, 4) is 0 Å². The van der Waals surface area contributed by atoms with Crippen molar-refractivity contribution in [1.29, 1.82) is 0 Å². The maximum Gasteiger partial charge on any atom is 0.251 e. The lowest BCUT2D eigenvalue weighted by molar-refractivity contribution is 0.0950. The maximum atomic E-state index is 12.4. The van der Waals surface area contributed by atoms with Gasteiger partial charge in [0.1, 0.15) is 0 Å². The van der Waals surface area contributed by atoms with Crippen LogP contribution in [0.25, 0.3) is 0 Å². The third-order valence-corrected chi connectivity index (χ3v) is 5.22. The second kappa shape index (κ2) is 9.35. The van der Waals surface area contributed by atoms with Gasteiger partial charge in [-0.25, -0.2) is 8.42 Å². The zero-order chi connectivity index (χ0) is 19.0. The first-order valence-electron chi connectivity index (χ1n) is 8.39. The molecule has 0 aliphatic heterocycles. The van der Waals surface area contributed by atoms with E-state index in [0.717, 1.165) is 11.1 Å². The lowest BCUT2D eigenvalue weighted by atomic mass is 10.1. The number of hydrogen-bond donors (Lipinski definition) is 2. The van der Waals surface area contributed by atoms with E-state index in [2.05, 4.69) is 10.0 Å². The fourth-order valence-electron chi connectivity index (χ4n) is 2.53. The number of carbonyl (C=O) groups excluding carboxylic acids is 1. The molecule has 0 aliphatic carbocycles. The molecule has 0 aliphatic rings. The largest absolute Gasteiger partial charge is 0.380 e. The van der Waals surface area contributed by atoms with Gasteiger partial charge in [-0.2, -0.15) is 0 Å². The summed E-state index contributed by atoms with van der Waals surface area (Å²) in [5.41, 5.74) is 2.76. The minimum absolute atomic E-state index is 0.0414. The van der Waals surface area contributed by atoms with Gasteiger partial charge in [-0.05, 0) is 35.7 Å². The molecule has 0 heterocycles. The molecule has 0 spiro atoms. The van der Waals surface area contributed by atoms with Gasteiger partial charge in [-0.3, -0.25) is 9.52 Å². The average Bonchev–Trinajstić information content (AvgIpc) is 2.60. The van der Waals surface area contributed by atoms with Crippen molar-refractivity contribution >= 4 is 21.6 Å². The normalized spacial score (nSPS) is 11.2. The number of sulfonamides is 1. The standard InChI is InChI=1S/C19H24N2O4S/c1-3-11-26(23,24)21-18-10-6-9-15(12-18)19(22)20-13-16-7-4-5-8-17(16)14-25-2/h4-10,12,21H,3,11,13-14H2,1-2H3,(H,20,22). The summed E-state index contributed by atoms with van der Waals surface area (Å²) in [6.45, 7) is 2.63. The van der Waals surface area contributed by atoms with Crippen LogP contribution in [0.5, 0.6) is 0 Å². The quantitative estimate of drug-likeness (QED) is 0.705. The highest BCUT2D eigenvalue weighted by Gasteiger charge is 2.11. The molecule has 2 aromatic rings. The molecule has 2 aromatic carbocycles. The molecule has 1 amide bonds. The number of benzene rings is 2. The molecular weight excluding hydrogens is 352 g/mol. The summed E-state index contributed by atoms with van der Waals surface area (Å²) in [7, 11) is -1.76. The molecule has 0 aromatic heterocycles. The highest BCUT2D eigenvalue weighted by Crippen LogP contribution is 2.14. The zero-order valence-electron chi connectivity index (χ0n) is 15.0. The predicted octanol–water partition coefficient (Wildman–Crippen LogP) is 2.91. The minimum Gasteiger partial charge on any atom is -0.380 e. The van der Waals surface area contributed by atoms with Crippen molar-refractivity contribution in [3.05, 3.63) is 65.2 Å². The van der Waals surface area contributed by atoms with Crippen molar-refractivity contribution in [2.24, 2.45) is 0 Å². The maximum absolute atomic E-state index is 12.4.